The Morgan fingerprint density at radius 2 is 1.87 bits per heavy atom. The van der Waals surface area contributed by atoms with Crippen LogP contribution in [0.2, 0.25) is 0 Å². The minimum absolute atomic E-state index is 0.0269. The second-order valence-electron chi connectivity index (χ2n) is 13.4. The summed E-state index contributed by atoms with van der Waals surface area (Å²) < 4.78 is 27.4. The van der Waals surface area contributed by atoms with Crippen molar-refractivity contribution in [3.8, 4) is 22.8 Å². The van der Waals surface area contributed by atoms with Gasteiger partial charge < -0.3 is 24.6 Å². The van der Waals surface area contributed by atoms with Gasteiger partial charge in [0.15, 0.2) is 0 Å². The van der Waals surface area contributed by atoms with Gasteiger partial charge >= 0.3 is 0 Å². The lowest BCUT2D eigenvalue weighted by Gasteiger charge is -2.33. The number of amides is 2. The highest BCUT2D eigenvalue weighted by molar-refractivity contribution is 5.95. The molecule has 0 saturated carbocycles. The van der Waals surface area contributed by atoms with Crippen LogP contribution in [0, 0.1) is 17.7 Å². The summed E-state index contributed by atoms with van der Waals surface area (Å²) in [5.74, 6) is 0.924. The van der Waals surface area contributed by atoms with Crippen LogP contribution >= 0.6 is 0 Å². The van der Waals surface area contributed by atoms with E-state index in [2.05, 4.69) is 34.3 Å². The largest absolute Gasteiger partial charge is 0.457 e. The molecule has 0 spiro atoms. The van der Waals surface area contributed by atoms with Crippen LogP contribution in [-0.2, 0) is 16.1 Å². The zero-order valence-electron chi connectivity index (χ0n) is 27.0. The topological polar surface area (TPSA) is 96.9 Å². The SMILES string of the molecule is CC1CC(=O)N(Cc2cc(F)c(C(=O)NC3CCN(CC4CCOC4)CC3)cc2Oc2ccc(-c3ccc(C(C)C)nn3)cc2)C1. The van der Waals surface area contributed by atoms with Crippen molar-refractivity contribution in [2.45, 2.75) is 65.0 Å². The molecule has 0 radical (unpaired) electrons. The number of carbonyl (C=O) groups excluding carboxylic acids is 2. The maximum Gasteiger partial charge on any atom is 0.254 e. The summed E-state index contributed by atoms with van der Waals surface area (Å²) in [7, 11) is 0. The maximum atomic E-state index is 15.6. The van der Waals surface area contributed by atoms with Gasteiger partial charge in [-0.15, -0.1) is 0 Å². The van der Waals surface area contributed by atoms with Crippen LogP contribution < -0.4 is 10.1 Å². The van der Waals surface area contributed by atoms with E-state index in [1.54, 1.807) is 4.90 Å². The molecule has 3 aliphatic heterocycles. The summed E-state index contributed by atoms with van der Waals surface area (Å²) in [5, 5.41) is 11.7. The number of likely N-dealkylation sites (tertiary alicyclic amines) is 2. The highest BCUT2D eigenvalue weighted by Crippen LogP contribution is 2.32. The number of benzene rings is 2. The molecule has 6 rings (SSSR count). The van der Waals surface area contributed by atoms with Gasteiger partial charge in [-0.1, -0.05) is 20.8 Å². The first-order valence-corrected chi connectivity index (χ1v) is 16.5. The zero-order valence-corrected chi connectivity index (χ0v) is 27.0. The second kappa shape index (κ2) is 14.3. The summed E-state index contributed by atoms with van der Waals surface area (Å²) in [6.07, 6.45) is 3.20. The Hall–Kier alpha value is -3.89. The van der Waals surface area contributed by atoms with Crippen molar-refractivity contribution in [2.75, 3.05) is 39.4 Å². The number of carbonyl (C=O) groups is 2. The highest BCUT2D eigenvalue weighted by atomic mass is 19.1. The molecule has 244 valence electrons. The molecule has 3 aromatic rings. The van der Waals surface area contributed by atoms with E-state index in [1.165, 1.54) is 12.1 Å². The van der Waals surface area contributed by atoms with E-state index in [0.29, 0.717) is 41.9 Å². The quantitative estimate of drug-likeness (QED) is 0.303. The number of aromatic nitrogens is 2. The van der Waals surface area contributed by atoms with Crippen molar-refractivity contribution >= 4 is 11.8 Å². The van der Waals surface area contributed by atoms with E-state index in [4.69, 9.17) is 9.47 Å². The Bertz CT molecular complexity index is 1520. The predicted octanol–water partition coefficient (Wildman–Crippen LogP) is 5.80. The average molecular weight is 630 g/mol. The molecule has 3 saturated heterocycles. The van der Waals surface area contributed by atoms with E-state index in [0.717, 1.165) is 69.1 Å². The van der Waals surface area contributed by atoms with Gasteiger partial charge in [0.1, 0.15) is 17.3 Å². The molecule has 46 heavy (non-hydrogen) atoms. The van der Waals surface area contributed by atoms with E-state index < -0.39 is 11.7 Å². The smallest absolute Gasteiger partial charge is 0.254 e. The number of nitrogens with one attached hydrogen (secondary N) is 1. The third-order valence-corrected chi connectivity index (χ3v) is 9.28. The lowest BCUT2D eigenvalue weighted by atomic mass is 10.0. The third kappa shape index (κ3) is 7.73. The summed E-state index contributed by atoms with van der Waals surface area (Å²) in [6.45, 7) is 11.5. The zero-order chi connectivity index (χ0) is 32.2. The number of nitrogens with zero attached hydrogens (tertiary/aromatic N) is 4. The summed E-state index contributed by atoms with van der Waals surface area (Å²) >= 11 is 0. The first-order valence-electron chi connectivity index (χ1n) is 16.5. The van der Waals surface area contributed by atoms with Crippen LogP contribution in [-0.4, -0.2) is 77.2 Å². The average Bonchev–Trinajstić information content (AvgIpc) is 3.67. The molecule has 2 atom stereocenters. The highest BCUT2D eigenvalue weighted by Gasteiger charge is 2.29. The number of hydrogen-bond donors (Lipinski definition) is 1. The fourth-order valence-corrected chi connectivity index (χ4v) is 6.56. The molecule has 4 heterocycles. The van der Waals surface area contributed by atoms with Crippen molar-refractivity contribution in [3.63, 3.8) is 0 Å². The van der Waals surface area contributed by atoms with Crippen LogP contribution in [0.1, 0.15) is 74.0 Å². The van der Waals surface area contributed by atoms with Crippen molar-refractivity contribution < 1.29 is 23.5 Å². The van der Waals surface area contributed by atoms with Gasteiger partial charge in [-0.3, -0.25) is 9.59 Å². The van der Waals surface area contributed by atoms with E-state index in [9.17, 15) is 9.59 Å². The second-order valence-corrected chi connectivity index (χ2v) is 13.4. The van der Waals surface area contributed by atoms with Crippen LogP contribution in [0.5, 0.6) is 11.5 Å². The summed E-state index contributed by atoms with van der Waals surface area (Å²) in [6, 6.07) is 14.1. The van der Waals surface area contributed by atoms with Crippen molar-refractivity contribution in [3.05, 3.63) is 71.2 Å². The van der Waals surface area contributed by atoms with Crippen LogP contribution in [0.3, 0.4) is 0 Å². The van der Waals surface area contributed by atoms with Crippen LogP contribution in [0.4, 0.5) is 4.39 Å². The van der Waals surface area contributed by atoms with Crippen LogP contribution in [0.15, 0.2) is 48.5 Å². The number of piperidine rings is 1. The van der Waals surface area contributed by atoms with Crippen LogP contribution in [0.25, 0.3) is 11.3 Å². The summed E-state index contributed by atoms with van der Waals surface area (Å²) in [5.41, 5.74) is 3.01. The lowest BCUT2D eigenvalue weighted by Crippen LogP contribution is -2.46. The van der Waals surface area contributed by atoms with Crippen molar-refractivity contribution in [1.82, 2.24) is 25.3 Å². The Labute approximate surface area is 270 Å². The standard InChI is InChI=1S/C36H44FN5O4/c1-23(2)32-8-9-33(40-39-32)26-4-6-29(7-5-26)46-34-18-30(31(37)17-27(34)21-42-19-24(3)16-35(42)43)36(44)38-28-10-13-41(14-11-28)20-25-12-15-45-22-25/h4-9,17-18,23-25,28H,10-16,19-22H2,1-3H3,(H,38,44). The number of hydrogen-bond acceptors (Lipinski definition) is 7. The van der Waals surface area contributed by atoms with Gasteiger partial charge in [0.25, 0.3) is 5.91 Å². The van der Waals surface area contributed by atoms with Gasteiger partial charge in [-0.25, -0.2) is 4.39 Å². The molecule has 3 aliphatic rings. The van der Waals surface area contributed by atoms with Crippen molar-refractivity contribution in [1.29, 1.82) is 0 Å². The molecular weight excluding hydrogens is 585 g/mol. The van der Waals surface area contributed by atoms with Gasteiger partial charge in [0.2, 0.25) is 5.91 Å². The fraction of sp³-hybridized carbons (Fsp3) is 0.500. The molecule has 2 aromatic carbocycles. The molecule has 1 N–H and O–H groups in total. The molecule has 0 bridgehead atoms. The molecule has 3 fully saturated rings. The molecule has 9 nitrogen and oxygen atoms in total. The number of halogens is 1. The van der Waals surface area contributed by atoms with Gasteiger partial charge in [-0.05, 0) is 85.5 Å². The Kier molecular flexibility index (Phi) is 9.94. The maximum absolute atomic E-state index is 15.6. The van der Waals surface area contributed by atoms with Crippen molar-refractivity contribution in [2.24, 2.45) is 11.8 Å². The molecule has 2 unspecified atom stereocenters. The molecule has 0 aliphatic carbocycles. The molecule has 2 amide bonds. The fourth-order valence-electron chi connectivity index (χ4n) is 6.56. The normalized spacial score (nSPS) is 20.9. The Balaban J connectivity index is 1.17. The minimum atomic E-state index is -0.628. The van der Waals surface area contributed by atoms with E-state index in [-0.39, 0.29) is 30.0 Å². The Morgan fingerprint density at radius 3 is 2.50 bits per heavy atom. The van der Waals surface area contributed by atoms with Gasteiger partial charge in [0.05, 0.1) is 23.6 Å². The lowest BCUT2D eigenvalue weighted by molar-refractivity contribution is -0.128. The minimum Gasteiger partial charge on any atom is -0.457 e. The molecular formula is C36H44FN5O4. The predicted molar refractivity (Wildman–Crippen MR) is 173 cm³/mol. The molecule has 1 aromatic heterocycles. The monoisotopic (exact) mass is 629 g/mol. The third-order valence-electron chi connectivity index (χ3n) is 9.28. The van der Waals surface area contributed by atoms with E-state index >= 15 is 4.39 Å². The Morgan fingerprint density at radius 1 is 1.09 bits per heavy atom. The first kappa shape index (κ1) is 32.1. The summed E-state index contributed by atoms with van der Waals surface area (Å²) in [4.78, 5) is 30.2. The number of ether oxygens (including phenoxy) is 2. The van der Waals surface area contributed by atoms with Gasteiger partial charge in [0, 0.05) is 62.9 Å². The molecule has 10 heteroatoms. The first-order chi connectivity index (χ1) is 22.2. The number of rotatable bonds is 10. The van der Waals surface area contributed by atoms with E-state index in [1.807, 2.05) is 43.3 Å². The van der Waals surface area contributed by atoms with Gasteiger partial charge in [-0.2, -0.15) is 10.2 Å².